The van der Waals surface area contributed by atoms with Crippen LogP contribution in [0.25, 0.3) is 0 Å². The lowest BCUT2D eigenvalue weighted by atomic mass is 10.3. The average molecular weight is 331 g/mol. The van der Waals surface area contributed by atoms with Crippen LogP contribution in [0.4, 0.5) is 5.69 Å². The Balaban J connectivity index is 2.36. The molecule has 0 fully saturated rings. The van der Waals surface area contributed by atoms with E-state index in [0.29, 0.717) is 11.4 Å². The fourth-order valence-corrected chi connectivity index (χ4v) is 3.24. The van der Waals surface area contributed by atoms with E-state index in [-0.39, 0.29) is 10.7 Å². The molecule has 0 aliphatic carbocycles. The molecule has 0 saturated heterocycles. The Kier molecular flexibility index (Phi) is 3.45. The number of aryl methyl sites for hydroxylation is 2. The Morgan fingerprint density at radius 1 is 1.22 bits per heavy atom. The number of hydrogen-bond donors (Lipinski definition) is 1. The number of halogens is 1. The summed E-state index contributed by atoms with van der Waals surface area (Å²) in [6.07, 6.45) is 0. The molecule has 0 unspecified atom stereocenters. The number of sulfonamides is 1. The van der Waals surface area contributed by atoms with Crippen molar-refractivity contribution in [2.75, 3.05) is 4.72 Å². The third-order valence-corrected chi connectivity index (χ3v) is 4.49. The molecule has 2 aromatic rings. The number of nitrogens with zero attached hydrogens (tertiary/aromatic N) is 1. The monoisotopic (exact) mass is 330 g/mol. The summed E-state index contributed by atoms with van der Waals surface area (Å²) >= 11 is 3.28. The first-order valence-electron chi connectivity index (χ1n) is 5.11. The molecule has 0 radical (unpaired) electrons. The van der Waals surface area contributed by atoms with Gasteiger partial charge in [0.25, 0.3) is 10.0 Å². The molecule has 96 valence electrons. The summed E-state index contributed by atoms with van der Waals surface area (Å²) < 4.78 is 32.6. The van der Waals surface area contributed by atoms with Crippen molar-refractivity contribution in [2.24, 2.45) is 0 Å². The van der Waals surface area contributed by atoms with Gasteiger partial charge in [-0.05, 0) is 38.1 Å². The third-order valence-electron chi connectivity index (χ3n) is 2.33. The molecule has 0 amide bonds. The van der Waals surface area contributed by atoms with Crippen molar-refractivity contribution in [2.45, 2.75) is 18.7 Å². The van der Waals surface area contributed by atoms with Crippen molar-refractivity contribution >= 4 is 31.6 Å². The van der Waals surface area contributed by atoms with Gasteiger partial charge in [-0.2, -0.15) is 0 Å². The number of hydrogen-bond acceptors (Lipinski definition) is 4. The highest BCUT2D eigenvalue weighted by atomic mass is 79.9. The van der Waals surface area contributed by atoms with Crippen LogP contribution in [0.1, 0.15) is 11.5 Å². The predicted molar refractivity (Wildman–Crippen MR) is 70.9 cm³/mol. The van der Waals surface area contributed by atoms with Gasteiger partial charge >= 0.3 is 0 Å². The second-order valence-electron chi connectivity index (χ2n) is 3.77. The first kappa shape index (κ1) is 13.1. The highest BCUT2D eigenvalue weighted by Crippen LogP contribution is 2.23. The maximum absolute atomic E-state index is 12.2. The first-order chi connectivity index (χ1) is 8.40. The van der Waals surface area contributed by atoms with Gasteiger partial charge in [0, 0.05) is 10.2 Å². The smallest absolute Gasteiger partial charge is 0.267 e. The van der Waals surface area contributed by atoms with Crippen molar-refractivity contribution in [3.63, 3.8) is 0 Å². The molecule has 0 spiro atoms. The van der Waals surface area contributed by atoms with Gasteiger partial charge in [0.2, 0.25) is 0 Å². The van der Waals surface area contributed by atoms with Crippen LogP contribution in [0.5, 0.6) is 0 Å². The van der Waals surface area contributed by atoms with Crippen LogP contribution in [-0.4, -0.2) is 13.6 Å². The lowest BCUT2D eigenvalue weighted by molar-refractivity contribution is 0.390. The van der Waals surface area contributed by atoms with Gasteiger partial charge in [0.1, 0.15) is 5.69 Å². The summed E-state index contributed by atoms with van der Waals surface area (Å²) in [7, 11) is -3.67. The zero-order valence-electron chi connectivity index (χ0n) is 9.77. The van der Waals surface area contributed by atoms with E-state index in [9.17, 15) is 8.42 Å². The standard InChI is InChI=1S/C11H11BrN2O3S/c1-7-11(8(2)17-13-7)18(15,16)14-10-5-3-9(12)4-6-10/h3-6,14H,1-2H3. The lowest BCUT2D eigenvalue weighted by Crippen LogP contribution is -2.14. The first-order valence-corrected chi connectivity index (χ1v) is 7.39. The highest BCUT2D eigenvalue weighted by Gasteiger charge is 2.24. The van der Waals surface area contributed by atoms with Crippen LogP contribution in [0.2, 0.25) is 0 Å². The Morgan fingerprint density at radius 3 is 2.33 bits per heavy atom. The molecule has 18 heavy (non-hydrogen) atoms. The molecule has 1 aromatic carbocycles. The molecular formula is C11H11BrN2O3S. The Morgan fingerprint density at radius 2 is 1.83 bits per heavy atom. The van der Waals surface area contributed by atoms with Gasteiger partial charge < -0.3 is 4.52 Å². The van der Waals surface area contributed by atoms with Crippen molar-refractivity contribution in [1.82, 2.24) is 5.16 Å². The van der Waals surface area contributed by atoms with Gasteiger partial charge in [-0.1, -0.05) is 21.1 Å². The quantitative estimate of drug-likeness (QED) is 0.939. The van der Waals surface area contributed by atoms with Crippen LogP contribution in [0.15, 0.2) is 38.2 Å². The SMILES string of the molecule is Cc1noc(C)c1S(=O)(=O)Nc1ccc(Br)cc1. The summed E-state index contributed by atoms with van der Waals surface area (Å²) in [6, 6.07) is 6.84. The van der Waals surface area contributed by atoms with Gasteiger partial charge in [-0.15, -0.1) is 0 Å². The van der Waals surface area contributed by atoms with E-state index < -0.39 is 10.0 Å². The zero-order valence-corrected chi connectivity index (χ0v) is 12.2. The molecular weight excluding hydrogens is 320 g/mol. The fraction of sp³-hybridized carbons (Fsp3) is 0.182. The minimum Gasteiger partial charge on any atom is -0.360 e. The number of anilines is 1. The second kappa shape index (κ2) is 4.74. The molecule has 0 aliphatic rings. The van der Waals surface area contributed by atoms with E-state index in [1.807, 2.05) is 0 Å². The predicted octanol–water partition coefficient (Wildman–Crippen LogP) is 2.85. The number of nitrogens with one attached hydrogen (secondary N) is 1. The molecule has 0 saturated carbocycles. The van der Waals surface area contributed by atoms with Gasteiger partial charge in [-0.3, -0.25) is 4.72 Å². The van der Waals surface area contributed by atoms with Crippen molar-refractivity contribution in [3.8, 4) is 0 Å². The summed E-state index contributed by atoms with van der Waals surface area (Å²) in [5, 5.41) is 3.64. The molecule has 0 atom stereocenters. The van der Waals surface area contributed by atoms with Crippen LogP contribution in [0, 0.1) is 13.8 Å². The van der Waals surface area contributed by atoms with E-state index in [2.05, 4.69) is 25.8 Å². The van der Waals surface area contributed by atoms with Crippen molar-refractivity contribution < 1.29 is 12.9 Å². The maximum atomic E-state index is 12.2. The zero-order chi connectivity index (χ0) is 13.3. The van der Waals surface area contributed by atoms with E-state index in [1.165, 1.54) is 0 Å². The Bertz CT molecular complexity index is 643. The van der Waals surface area contributed by atoms with Crippen molar-refractivity contribution in [1.29, 1.82) is 0 Å². The van der Waals surface area contributed by atoms with E-state index in [1.54, 1.807) is 38.1 Å². The molecule has 1 aromatic heterocycles. The van der Waals surface area contributed by atoms with Gasteiger partial charge in [0.15, 0.2) is 10.7 Å². The van der Waals surface area contributed by atoms with E-state index in [0.717, 1.165) is 4.47 Å². The fourth-order valence-electron chi connectivity index (χ4n) is 1.58. The number of aromatic nitrogens is 1. The minimum atomic E-state index is -3.67. The maximum Gasteiger partial charge on any atom is 0.267 e. The largest absolute Gasteiger partial charge is 0.360 e. The second-order valence-corrected chi connectivity index (χ2v) is 6.30. The summed E-state index contributed by atoms with van der Waals surface area (Å²) in [6.45, 7) is 3.16. The summed E-state index contributed by atoms with van der Waals surface area (Å²) in [4.78, 5) is 0.0884. The van der Waals surface area contributed by atoms with Crippen LogP contribution in [-0.2, 0) is 10.0 Å². The normalized spacial score (nSPS) is 11.5. The molecule has 2 rings (SSSR count). The van der Waals surface area contributed by atoms with Gasteiger partial charge in [0.05, 0.1) is 0 Å². The van der Waals surface area contributed by atoms with Crippen LogP contribution < -0.4 is 4.72 Å². The molecule has 5 nitrogen and oxygen atoms in total. The molecule has 7 heteroatoms. The molecule has 0 aliphatic heterocycles. The van der Waals surface area contributed by atoms with Crippen LogP contribution in [0.3, 0.4) is 0 Å². The van der Waals surface area contributed by atoms with Gasteiger partial charge in [-0.25, -0.2) is 8.42 Å². The highest BCUT2D eigenvalue weighted by molar-refractivity contribution is 9.10. The molecule has 1 heterocycles. The van der Waals surface area contributed by atoms with Crippen LogP contribution >= 0.6 is 15.9 Å². The summed E-state index contributed by atoms with van der Waals surface area (Å²) in [5.74, 6) is 0.275. The Hall–Kier alpha value is -1.34. The third kappa shape index (κ3) is 2.56. The van der Waals surface area contributed by atoms with Crippen molar-refractivity contribution in [3.05, 3.63) is 40.2 Å². The average Bonchev–Trinajstić information content (AvgIpc) is 2.62. The molecule has 1 N–H and O–H groups in total. The van der Waals surface area contributed by atoms with E-state index >= 15 is 0 Å². The molecule has 0 bridgehead atoms. The summed E-state index contributed by atoms with van der Waals surface area (Å²) in [5.41, 5.74) is 0.829. The number of rotatable bonds is 3. The van der Waals surface area contributed by atoms with E-state index in [4.69, 9.17) is 4.52 Å². The lowest BCUT2D eigenvalue weighted by Gasteiger charge is -2.07. The topological polar surface area (TPSA) is 72.2 Å². The minimum absolute atomic E-state index is 0.0884. The number of benzene rings is 1. The Labute approximate surface area is 113 Å².